The predicted molar refractivity (Wildman–Crippen MR) is 84.1 cm³/mol. The third kappa shape index (κ3) is 3.56. The average molecular weight is 338 g/mol. The van der Waals surface area contributed by atoms with Crippen molar-refractivity contribution in [1.29, 1.82) is 0 Å². The summed E-state index contributed by atoms with van der Waals surface area (Å²) in [4.78, 5) is 0. The Morgan fingerprint density at radius 2 is 1.95 bits per heavy atom. The molecule has 2 rings (SSSR count). The fraction of sp³-hybridized carbons (Fsp3) is 0.500. The van der Waals surface area contributed by atoms with Crippen molar-refractivity contribution in [3.8, 4) is 11.4 Å². The van der Waals surface area contributed by atoms with Crippen LogP contribution in [0.15, 0.2) is 22.7 Å². The molecule has 20 heavy (non-hydrogen) atoms. The Labute approximate surface area is 127 Å². The van der Waals surface area contributed by atoms with Crippen LogP contribution in [-0.4, -0.2) is 20.2 Å². The summed E-state index contributed by atoms with van der Waals surface area (Å²) in [6.07, 6.45) is 2.21. The lowest BCUT2D eigenvalue weighted by Gasteiger charge is -2.15. The van der Waals surface area contributed by atoms with E-state index in [0.717, 1.165) is 28.7 Å². The van der Waals surface area contributed by atoms with Gasteiger partial charge in [-0.25, -0.2) is 4.68 Å². The molecule has 0 spiro atoms. The Morgan fingerprint density at radius 3 is 2.60 bits per heavy atom. The van der Waals surface area contributed by atoms with Crippen molar-refractivity contribution in [3.05, 3.63) is 22.7 Å². The lowest BCUT2D eigenvalue weighted by molar-refractivity contribution is 0.406. The Hall–Kier alpha value is -1.43. The van der Waals surface area contributed by atoms with Gasteiger partial charge in [0, 0.05) is 15.7 Å². The summed E-state index contributed by atoms with van der Waals surface area (Å²) in [5.74, 6) is 1.44. The van der Waals surface area contributed by atoms with E-state index in [4.69, 9.17) is 5.73 Å². The lowest BCUT2D eigenvalue weighted by atomic mass is 10.0. The van der Waals surface area contributed by atoms with Crippen molar-refractivity contribution in [2.24, 2.45) is 5.92 Å². The number of rotatable bonds is 5. The second-order valence-electron chi connectivity index (χ2n) is 5.54. The Balaban J connectivity index is 2.27. The molecule has 0 bridgehead atoms. The van der Waals surface area contributed by atoms with Crippen LogP contribution < -0.4 is 5.73 Å². The van der Waals surface area contributed by atoms with Crippen LogP contribution in [-0.2, 0) is 0 Å². The molecular weight excluding hydrogens is 318 g/mol. The summed E-state index contributed by atoms with van der Waals surface area (Å²) in [5.41, 5.74) is 7.50. The molecule has 6 heteroatoms. The molecule has 0 aliphatic heterocycles. The quantitative estimate of drug-likeness (QED) is 0.845. The smallest absolute Gasteiger partial charge is 0.182 e. The molecule has 2 N–H and O–H groups in total. The van der Waals surface area contributed by atoms with Gasteiger partial charge in [-0.1, -0.05) is 29.8 Å². The van der Waals surface area contributed by atoms with Crippen LogP contribution in [0, 0.1) is 5.92 Å². The van der Waals surface area contributed by atoms with E-state index in [9.17, 15) is 0 Å². The lowest BCUT2D eigenvalue weighted by Crippen LogP contribution is -2.10. The van der Waals surface area contributed by atoms with Crippen LogP contribution in [0.25, 0.3) is 11.4 Å². The fourth-order valence-corrected chi connectivity index (χ4v) is 2.63. The maximum absolute atomic E-state index is 5.88. The Bertz CT molecular complexity index is 558. The largest absolute Gasteiger partial charge is 0.399 e. The van der Waals surface area contributed by atoms with E-state index >= 15 is 0 Å². The number of benzene rings is 1. The van der Waals surface area contributed by atoms with Gasteiger partial charge in [0.15, 0.2) is 5.82 Å². The third-order valence-electron chi connectivity index (χ3n) is 3.25. The van der Waals surface area contributed by atoms with E-state index in [2.05, 4.69) is 52.2 Å². The first-order valence-corrected chi connectivity index (χ1v) is 7.61. The van der Waals surface area contributed by atoms with Gasteiger partial charge >= 0.3 is 0 Å². The number of nitrogens with zero attached hydrogens (tertiary/aromatic N) is 4. The minimum absolute atomic E-state index is 0.266. The Kier molecular flexibility index (Phi) is 4.75. The number of aromatic nitrogens is 4. The summed E-state index contributed by atoms with van der Waals surface area (Å²) >= 11 is 3.45. The summed E-state index contributed by atoms with van der Waals surface area (Å²) < 4.78 is 2.81. The third-order valence-corrected chi connectivity index (χ3v) is 3.71. The highest BCUT2D eigenvalue weighted by atomic mass is 79.9. The van der Waals surface area contributed by atoms with Crippen molar-refractivity contribution in [1.82, 2.24) is 20.2 Å². The first-order chi connectivity index (χ1) is 9.47. The highest BCUT2D eigenvalue weighted by molar-refractivity contribution is 9.10. The normalized spacial score (nSPS) is 12.8. The van der Waals surface area contributed by atoms with Crippen molar-refractivity contribution in [2.75, 3.05) is 5.73 Å². The van der Waals surface area contributed by atoms with E-state index in [1.165, 1.54) is 0 Å². The van der Waals surface area contributed by atoms with Crippen molar-refractivity contribution in [2.45, 2.75) is 39.7 Å². The number of hydrogen-bond donors (Lipinski definition) is 1. The highest BCUT2D eigenvalue weighted by Crippen LogP contribution is 2.27. The summed E-state index contributed by atoms with van der Waals surface area (Å²) in [6, 6.07) is 6.00. The van der Waals surface area contributed by atoms with Crippen molar-refractivity contribution in [3.63, 3.8) is 0 Å². The highest BCUT2D eigenvalue weighted by Gasteiger charge is 2.15. The molecule has 1 heterocycles. The molecule has 0 fully saturated rings. The van der Waals surface area contributed by atoms with E-state index in [1.54, 1.807) is 0 Å². The van der Waals surface area contributed by atoms with Crippen molar-refractivity contribution < 1.29 is 0 Å². The molecule has 2 aromatic rings. The van der Waals surface area contributed by atoms with Gasteiger partial charge in [-0.3, -0.25) is 0 Å². The van der Waals surface area contributed by atoms with Gasteiger partial charge < -0.3 is 5.73 Å². The van der Waals surface area contributed by atoms with Crippen LogP contribution in [0.2, 0.25) is 0 Å². The van der Waals surface area contributed by atoms with Gasteiger partial charge in [-0.05, 0) is 54.3 Å². The maximum Gasteiger partial charge on any atom is 0.182 e. The van der Waals surface area contributed by atoms with E-state index < -0.39 is 0 Å². The standard InChI is InChI=1S/C14H20BrN5/c1-9(2)4-5-10(3)20-14(17-18-19-20)11-6-12(15)8-13(16)7-11/h6-10H,4-5,16H2,1-3H3. The van der Waals surface area contributed by atoms with Gasteiger partial charge in [-0.2, -0.15) is 0 Å². The maximum atomic E-state index is 5.88. The number of anilines is 1. The second kappa shape index (κ2) is 6.35. The number of hydrogen-bond acceptors (Lipinski definition) is 4. The molecule has 1 unspecified atom stereocenters. The zero-order valence-corrected chi connectivity index (χ0v) is 13.6. The first-order valence-electron chi connectivity index (χ1n) is 6.81. The number of halogens is 1. The molecule has 108 valence electrons. The molecule has 1 atom stereocenters. The van der Waals surface area contributed by atoms with Crippen LogP contribution >= 0.6 is 15.9 Å². The number of nitrogen functional groups attached to an aromatic ring is 1. The number of tetrazole rings is 1. The number of nitrogens with two attached hydrogens (primary N) is 1. The molecule has 0 amide bonds. The van der Waals surface area contributed by atoms with Gasteiger partial charge in [0.05, 0.1) is 6.04 Å². The Morgan fingerprint density at radius 1 is 1.20 bits per heavy atom. The topological polar surface area (TPSA) is 69.6 Å². The summed E-state index contributed by atoms with van der Waals surface area (Å²) in [6.45, 7) is 6.59. The summed E-state index contributed by atoms with van der Waals surface area (Å²) in [7, 11) is 0. The molecule has 1 aromatic heterocycles. The van der Waals surface area contributed by atoms with Gasteiger partial charge in [0.1, 0.15) is 0 Å². The van der Waals surface area contributed by atoms with E-state index in [0.29, 0.717) is 11.6 Å². The second-order valence-corrected chi connectivity index (χ2v) is 6.46. The first kappa shape index (κ1) is 15.0. The van der Waals surface area contributed by atoms with Crippen LogP contribution in [0.4, 0.5) is 5.69 Å². The molecular formula is C14H20BrN5. The van der Waals surface area contributed by atoms with Crippen LogP contribution in [0.1, 0.15) is 39.7 Å². The fourth-order valence-electron chi connectivity index (χ4n) is 2.12. The van der Waals surface area contributed by atoms with Crippen molar-refractivity contribution >= 4 is 21.6 Å². The van der Waals surface area contributed by atoms with Crippen LogP contribution in [0.3, 0.4) is 0 Å². The molecule has 0 aliphatic carbocycles. The van der Waals surface area contributed by atoms with Crippen LogP contribution in [0.5, 0.6) is 0 Å². The van der Waals surface area contributed by atoms with E-state index in [1.807, 2.05) is 22.9 Å². The SMILES string of the molecule is CC(C)CCC(C)n1nnnc1-c1cc(N)cc(Br)c1. The molecule has 0 saturated heterocycles. The summed E-state index contributed by atoms with van der Waals surface area (Å²) in [5, 5.41) is 12.1. The minimum Gasteiger partial charge on any atom is -0.399 e. The zero-order valence-electron chi connectivity index (χ0n) is 12.0. The molecule has 0 saturated carbocycles. The minimum atomic E-state index is 0.266. The monoisotopic (exact) mass is 337 g/mol. The average Bonchev–Trinajstić information content (AvgIpc) is 2.83. The predicted octanol–water partition coefficient (Wildman–Crippen LogP) is 3.68. The zero-order chi connectivity index (χ0) is 14.7. The van der Waals surface area contributed by atoms with Gasteiger partial charge in [-0.15, -0.1) is 5.10 Å². The molecule has 5 nitrogen and oxygen atoms in total. The van der Waals surface area contributed by atoms with E-state index in [-0.39, 0.29) is 6.04 Å². The van der Waals surface area contributed by atoms with Gasteiger partial charge in [0.2, 0.25) is 0 Å². The van der Waals surface area contributed by atoms with Gasteiger partial charge in [0.25, 0.3) is 0 Å². The molecule has 0 aliphatic rings. The molecule has 1 aromatic carbocycles. The molecule has 0 radical (unpaired) electrons.